The number of amides is 1. The molecule has 0 radical (unpaired) electrons. The van der Waals surface area contributed by atoms with Crippen LogP contribution in [0.15, 0.2) is 72.2 Å². The number of nitrogens with one attached hydrogen (secondary N) is 1. The van der Waals surface area contributed by atoms with E-state index in [9.17, 15) is 4.79 Å². The third-order valence-electron chi connectivity index (χ3n) is 4.16. The van der Waals surface area contributed by atoms with Crippen molar-refractivity contribution < 1.29 is 4.79 Å². The monoisotopic (exact) mass is 347 g/mol. The van der Waals surface area contributed by atoms with Gasteiger partial charge in [-0.2, -0.15) is 0 Å². The molecule has 0 aliphatic heterocycles. The fourth-order valence-electron chi connectivity index (χ4n) is 2.79. The molecule has 2 heterocycles. The van der Waals surface area contributed by atoms with E-state index in [4.69, 9.17) is 0 Å². The summed E-state index contributed by atoms with van der Waals surface area (Å²) in [6.07, 6.45) is 1.92. The van der Waals surface area contributed by atoms with E-state index in [1.807, 2.05) is 83.6 Å². The summed E-state index contributed by atoms with van der Waals surface area (Å²) in [7, 11) is 0. The van der Waals surface area contributed by atoms with Crippen molar-refractivity contribution in [3.63, 3.8) is 0 Å². The minimum Gasteiger partial charge on any atom is -0.344 e. The van der Waals surface area contributed by atoms with Gasteiger partial charge in [0, 0.05) is 17.1 Å². The Morgan fingerprint density at radius 2 is 1.76 bits per heavy atom. The zero-order chi connectivity index (χ0) is 17.2. The summed E-state index contributed by atoms with van der Waals surface area (Å²) in [5.41, 5.74) is 3.61. The number of aromatic nitrogens is 2. The quantitative estimate of drug-likeness (QED) is 0.588. The normalized spacial score (nSPS) is 12.2. The van der Waals surface area contributed by atoms with Crippen LogP contribution in [0.25, 0.3) is 16.2 Å². The summed E-state index contributed by atoms with van der Waals surface area (Å²) in [6, 6.07) is 19.9. The molecule has 1 atom stereocenters. The maximum atomic E-state index is 12.7. The summed E-state index contributed by atoms with van der Waals surface area (Å²) in [5.74, 6) is -0.0976. The Hall–Kier alpha value is -2.92. The van der Waals surface area contributed by atoms with Gasteiger partial charge in [0.15, 0.2) is 4.96 Å². The number of hydrogen-bond acceptors (Lipinski definition) is 3. The first kappa shape index (κ1) is 15.6. The Morgan fingerprint density at radius 1 is 1.08 bits per heavy atom. The van der Waals surface area contributed by atoms with Crippen molar-refractivity contribution in [2.45, 2.75) is 13.0 Å². The Kier molecular flexibility index (Phi) is 4.07. The first-order valence-corrected chi connectivity index (χ1v) is 8.98. The van der Waals surface area contributed by atoms with Gasteiger partial charge in [-0.25, -0.2) is 4.98 Å². The Labute approximate surface area is 149 Å². The third-order valence-corrected chi connectivity index (χ3v) is 5.00. The summed E-state index contributed by atoms with van der Waals surface area (Å²) in [6.45, 7) is 1.99. The van der Waals surface area contributed by atoms with Crippen molar-refractivity contribution in [3.8, 4) is 11.3 Å². The van der Waals surface area contributed by atoms with Gasteiger partial charge in [0.1, 0.15) is 5.69 Å². The van der Waals surface area contributed by atoms with Gasteiger partial charge < -0.3 is 5.32 Å². The number of imidazole rings is 1. The number of carbonyl (C=O) groups is 1. The summed E-state index contributed by atoms with van der Waals surface area (Å²) >= 11 is 1.47. The van der Waals surface area contributed by atoms with E-state index in [-0.39, 0.29) is 11.9 Å². The van der Waals surface area contributed by atoms with E-state index < -0.39 is 0 Å². The Bertz CT molecular complexity index is 1010. The first-order chi connectivity index (χ1) is 12.2. The highest BCUT2D eigenvalue weighted by molar-refractivity contribution is 7.15. The molecule has 0 fully saturated rings. The van der Waals surface area contributed by atoms with E-state index in [1.54, 1.807) is 0 Å². The lowest BCUT2D eigenvalue weighted by atomic mass is 10.1. The molecule has 0 aliphatic carbocycles. The Balaban J connectivity index is 1.61. The standard InChI is InChI=1S/C20H17N3OS/c1-14(15-8-4-2-5-9-15)21-19(24)18-13-25-20-22-17(12-23(18)20)16-10-6-3-7-11-16/h2-14H,1H3,(H,21,24). The number of carbonyl (C=O) groups excluding carboxylic acids is 1. The van der Waals surface area contributed by atoms with Crippen molar-refractivity contribution in [2.75, 3.05) is 0 Å². The molecule has 1 unspecified atom stereocenters. The second-order valence-electron chi connectivity index (χ2n) is 5.87. The topological polar surface area (TPSA) is 46.4 Å². The molecule has 0 saturated heterocycles. The molecule has 25 heavy (non-hydrogen) atoms. The van der Waals surface area contributed by atoms with Gasteiger partial charge in [0.05, 0.1) is 11.7 Å². The molecular formula is C20H17N3OS. The molecule has 0 saturated carbocycles. The van der Waals surface area contributed by atoms with Gasteiger partial charge in [0.2, 0.25) is 0 Å². The predicted molar refractivity (Wildman–Crippen MR) is 101 cm³/mol. The van der Waals surface area contributed by atoms with E-state index in [2.05, 4.69) is 10.3 Å². The number of nitrogens with zero attached hydrogens (tertiary/aromatic N) is 2. The zero-order valence-corrected chi connectivity index (χ0v) is 14.5. The average Bonchev–Trinajstić information content (AvgIpc) is 3.23. The van der Waals surface area contributed by atoms with Gasteiger partial charge in [0.25, 0.3) is 5.91 Å². The number of thiazole rings is 1. The van der Waals surface area contributed by atoms with Gasteiger partial charge in [-0.1, -0.05) is 60.7 Å². The van der Waals surface area contributed by atoms with Crippen molar-refractivity contribution >= 4 is 22.2 Å². The average molecular weight is 347 g/mol. The van der Waals surface area contributed by atoms with E-state index in [1.165, 1.54) is 11.3 Å². The van der Waals surface area contributed by atoms with Crippen molar-refractivity contribution in [2.24, 2.45) is 0 Å². The highest BCUT2D eigenvalue weighted by atomic mass is 32.1. The second-order valence-corrected chi connectivity index (χ2v) is 6.71. The lowest BCUT2D eigenvalue weighted by molar-refractivity contribution is 0.0934. The molecule has 4 nitrogen and oxygen atoms in total. The van der Waals surface area contributed by atoms with Crippen LogP contribution in [-0.4, -0.2) is 15.3 Å². The molecule has 1 amide bonds. The molecule has 4 aromatic rings. The highest BCUT2D eigenvalue weighted by Crippen LogP contribution is 2.24. The molecule has 124 valence electrons. The zero-order valence-electron chi connectivity index (χ0n) is 13.7. The highest BCUT2D eigenvalue weighted by Gasteiger charge is 2.17. The third kappa shape index (κ3) is 3.06. The number of benzene rings is 2. The summed E-state index contributed by atoms with van der Waals surface area (Å²) in [5, 5.41) is 4.91. The van der Waals surface area contributed by atoms with Gasteiger partial charge >= 0.3 is 0 Å². The van der Waals surface area contributed by atoms with Crippen molar-refractivity contribution in [1.82, 2.24) is 14.7 Å². The Morgan fingerprint density at radius 3 is 2.48 bits per heavy atom. The second kappa shape index (κ2) is 6.53. The number of hydrogen-bond donors (Lipinski definition) is 1. The van der Waals surface area contributed by atoms with Crippen LogP contribution in [0, 0.1) is 0 Å². The largest absolute Gasteiger partial charge is 0.344 e. The van der Waals surface area contributed by atoms with Crippen LogP contribution in [0.2, 0.25) is 0 Å². The molecule has 2 aromatic heterocycles. The molecule has 0 bridgehead atoms. The number of rotatable bonds is 4. The SMILES string of the molecule is CC(NC(=O)c1csc2nc(-c3ccccc3)cn12)c1ccccc1. The molecule has 5 heteroatoms. The smallest absolute Gasteiger partial charge is 0.269 e. The maximum Gasteiger partial charge on any atom is 0.269 e. The van der Waals surface area contributed by atoms with E-state index in [0.29, 0.717) is 5.69 Å². The van der Waals surface area contributed by atoms with Crippen LogP contribution in [0.1, 0.15) is 29.0 Å². The van der Waals surface area contributed by atoms with Crippen molar-refractivity contribution in [1.29, 1.82) is 0 Å². The van der Waals surface area contributed by atoms with Crippen molar-refractivity contribution in [3.05, 3.63) is 83.5 Å². The minimum atomic E-state index is -0.0976. The van der Waals surface area contributed by atoms with Gasteiger partial charge in [-0.05, 0) is 12.5 Å². The van der Waals surface area contributed by atoms with E-state index >= 15 is 0 Å². The van der Waals surface area contributed by atoms with E-state index in [0.717, 1.165) is 21.8 Å². The van der Waals surface area contributed by atoms with Crippen LogP contribution in [0.3, 0.4) is 0 Å². The van der Waals surface area contributed by atoms with Crippen LogP contribution >= 0.6 is 11.3 Å². The predicted octanol–water partition coefficient (Wildman–Crippen LogP) is 4.55. The fraction of sp³-hybridized carbons (Fsp3) is 0.100. The molecule has 0 spiro atoms. The van der Waals surface area contributed by atoms with Crippen LogP contribution in [0.5, 0.6) is 0 Å². The lowest BCUT2D eigenvalue weighted by Crippen LogP contribution is -2.27. The van der Waals surface area contributed by atoms with Gasteiger partial charge in [-0.15, -0.1) is 11.3 Å². The number of fused-ring (bicyclic) bond motifs is 1. The fourth-order valence-corrected chi connectivity index (χ4v) is 3.64. The maximum absolute atomic E-state index is 12.7. The lowest BCUT2D eigenvalue weighted by Gasteiger charge is -2.13. The minimum absolute atomic E-state index is 0.0548. The van der Waals surface area contributed by atoms with Crippen LogP contribution in [-0.2, 0) is 0 Å². The molecule has 1 N–H and O–H groups in total. The summed E-state index contributed by atoms with van der Waals surface area (Å²) < 4.78 is 1.86. The van der Waals surface area contributed by atoms with Gasteiger partial charge in [-0.3, -0.25) is 9.20 Å². The summed E-state index contributed by atoms with van der Waals surface area (Å²) in [4.78, 5) is 18.1. The first-order valence-electron chi connectivity index (χ1n) is 8.10. The van der Waals surface area contributed by atoms with Crippen LogP contribution < -0.4 is 5.32 Å². The molecule has 0 aliphatic rings. The molecular weight excluding hydrogens is 330 g/mol. The molecule has 4 rings (SSSR count). The molecule has 2 aromatic carbocycles. The van der Waals surface area contributed by atoms with Crippen LogP contribution in [0.4, 0.5) is 0 Å².